The van der Waals surface area contributed by atoms with Crippen LogP contribution < -0.4 is 5.32 Å². The third kappa shape index (κ3) is 4.59. The van der Waals surface area contributed by atoms with Crippen LogP contribution in [-0.2, 0) is 36.1 Å². The normalized spacial score (nSPS) is 14.7. The number of carbonyl (C=O) groups is 1. The molecule has 196 valence electrons. The Morgan fingerprint density at radius 3 is 2.73 bits per heavy atom. The van der Waals surface area contributed by atoms with Crippen molar-refractivity contribution in [1.29, 1.82) is 0 Å². The zero-order valence-corrected chi connectivity index (χ0v) is 21.3. The second-order valence-electron chi connectivity index (χ2n) is 8.37. The van der Waals surface area contributed by atoms with Gasteiger partial charge in [0.15, 0.2) is 5.82 Å². The van der Waals surface area contributed by atoms with E-state index in [0.717, 1.165) is 10.4 Å². The second kappa shape index (κ2) is 9.18. The average molecular weight is 555 g/mol. The van der Waals surface area contributed by atoms with E-state index in [2.05, 4.69) is 25.4 Å². The van der Waals surface area contributed by atoms with E-state index in [9.17, 15) is 26.4 Å². The summed E-state index contributed by atoms with van der Waals surface area (Å²) in [6, 6.07) is 3.54. The van der Waals surface area contributed by atoms with Crippen LogP contribution >= 0.6 is 11.3 Å². The van der Waals surface area contributed by atoms with E-state index in [1.807, 2.05) is 13.8 Å². The van der Waals surface area contributed by atoms with Crippen molar-refractivity contribution in [3.05, 3.63) is 52.2 Å². The van der Waals surface area contributed by atoms with Crippen molar-refractivity contribution in [1.82, 2.24) is 38.8 Å². The van der Waals surface area contributed by atoms with E-state index >= 15 is 0 Å². The maximum atomic E-state index is 13.0. The first-order valence-corrected chi connectivity index (χ1v) is 13.4. The Morgan fingerprint density at radius 2 is 2.00 bits per heavy atom. The number of thiophene rings is 1. The molecule has 1 amide bonds. The summed E-state index contributed by atoms with van der Waals surface area (Å²) < 4.78 is 65.7. The van der Waals surface area contributed by atoms with Crippen molar-refractivity contribution < 1.29 is 26.4 Å². The number of imidazole rings is 1. The number of fused-ring (bicyclic) bond motifs is 2. The van der Waals surface area contributed by atoms with E-state index in [4.69, 9.17) is 0 Å². The highest BCUT2D eigenvalue weighted by Gasteiger charge is 2.50. The predicted octanol–water partition coefficient (Wildman–Crippen LogP) is 2.52. The van der Waals surface area contributed by atoms with Crippen LogP contribution in [0.1, 0.15) is 39.4 Å². The van der Waals surface area contributed by atoms with Crippen LogP contribution in [0.4, 0.5) is 13.2 Å². The molecule has 0 aromatic carbocycles. The molecule has 4 aromatic heterocycles. The lowest BCUT2D eigenvalue weighted by Gasteiger charge is -2.26. The molecule has 0 atom stereocenters. The Hall–Kier alpha value is -3.37. The van der Waals surface area contributed by atoms with Crippen molar-refractivity contribution >= 4 is 33.0 Å². The Labute approximate surface area is 213 Å². The number of alkyl halides is 3. The summed E-state index contributed by atoms with van der Waals surface area (Å²) in [6.07, 6.45) is 4.05. The zero-order chi connectivity index (χ0) is 26.5. The van der Waals surface area contributed by atoms with Crippen molar-refractivity contribution in [2.45, 2.75) is 45.4 Å². The van der Waals surface area contributed by atoms with E-state index in [1.54, 1.807) is 28.9 Å². The van der Waals surface area contributed by atoms with E-state index in [-0.39, 0.29) is 37.2 Å². The van der Waals surface area contributed by atoms with E-state index < -0.39 is 22.1 Å². The van der Waals surface area contributed by atoms with Gasteiger partial charge in [-0.3, -0.25) is 9.20 Å². The number of amides is 1. The van der Waals surface area contributed by atoms with Crippen LogP contribution in [0.3, 0.4) is 0 Å². The Balaban J connectivity index is 1.30. The van der Waals surface area contributed by atoms with Crippen LogP contribution in [0.5, 0.6) is 0 Å². The number of carbonyl (C=O) groups excluding carboxylic acids is 1. The number of nitrogens with one attached hydrogen (secondary N) is 1. The first-order valence-electron chi connectivity index (χ1n) is 11.2. The van der Waals surface area contributed by atoms with Gasteiger partial charge in [0, 0.05) is 23.8 Å². The molecule has 1 aliphatic heterocycles. The van der Waals surface area contributed by atoms with Gasteiger partial charge in [-0.1, -0.05) is 6.92 Å². The number of hydrogen-bond acceptors (Lipinski definition) is 8. The largest absolute Gasteiger partial charge is 0.511 e. The lowest BCUT2D eigenvalue weighted by Crippen LogP contribution is -2.44. The minimum atomic E-state index is -5.44. The lowest BCUT2D eigenvalue weighted by molar-refractivity contribution is -0.0496. The minimum absolute atomic E-state index is 0.0423. The van der Waals surface area contributed by atoms with Gasteiger partial charge < -0.3 is 5.32 Å². The first-order chi connectivity index (χ1) is 17.5. The molecule has 0 fully saturated rings. The standard InChI is InChI=1S/C21H21F3N8O3S2/c1-3-14-17(31-10-12(2)8-26-20(31)27-14)19(33)25-9-13-4-5-15(36-13)18-28-16-11-30(6-7-32(16)29-18)37(34,35)21(22,23)24/h4-5,8,10H,3,6-7,9,11H2,1-2H3,(H,25,33). The number of sulfonamides is 1. The molecule has 0 unspecified atom stereocenters. The molecule has 0 bridgehead atoms. The van der Waals surface area contributed by atoms with Gasteiger partial charge in [0.05, 0.1) is 30.2 Å². The molecule has 0 radical (unpaired) electrons. The van der Waals surface area contributed by atoms with Crippen LogP contribution in [0.2, 0.25) is 0 Å². The molecular weight excluding hydrogens is 533 g/mol. The number of aryl methyl sites for hydroxylation is 2. The van der Waals surface area contributed by atoms with E-state index in [0.29, 0.717) is 32.8 Å². The van der Waals surface area contributed by atoms with Crippen LogP contribution in [0.15, 0.2) is 24.5 Å². The fourth-order valence-corrected chi connectivity index (χ4v) is 5.75. The maximum Gasteiger partial charge on any atom is 0.511 e. The van der Waals surface area contributed by atoms with Crippen LogP contribution in [0.25, 0.3) is 16.5 Å². The highest BCUT2D eigenvalue weighted by atomic mass is 32.2. The predicted molar refractivity (Wildman–Crippen MR) is 127 cm³/mol. The average Bonchev–Trinajstić information content (AvgIpc) is 3.57. The molecule has 1 N–H and O–H groups in total. The molecule has 4 aromatic rings. The third-order valence-electron chi connectivity index (χ3n) is 5.80. The summed E-state index contributed by atoms with van der Waals surface area (Å²) in [5.74, 6) is 0.553. The summed E-state index contributed by atoms with van der Waals surface area (Å²) in [7, 11) is -5.44. The van der Waals surface area contributed by atoms with Crippen molar-refractivity contribution in [2.24, 2.45) is 0 Å². The monoisotopic (exact) mass is 554 g/mol. The van der Waals surface area contributed by atoms with Crippen molar-refractivity contribution in [2.75, 3.05) is 6.54 Å². The quantitative estimate of drug-likeness (QED) is 0.388. The molecule has 0 saturated carbocycles. The molecule has 37 heavy (non-hydrogen) atoms. The Kier molecular flexibility index (Phi) is 6.27. The fourth-order valence-electron chi connectivity index (χ4n) is 3.98. The molecule has 16 heteroatoms. The van der Waals surface area contributed by atoms with Gasteiger partial charge in [0.25, 0.3) is 5.91 Å². The summed E-state index contributed by atoms with van der Waals surface area (Å²) in [6.45, 7) is 3.10. The SMILES string of the molecule is CCc1nc2ncc(C)cn2c1C(=O)NCc1ccc(-c2nc3n(n2)CCN(S(=O)(=O)C(F)(F)F)C3)s1. The second-order valence-corrected chi connectivity index (χ2v) is 11.5. The van der Waals surface area contributed by atoms with Crippen LogP contribution in [0, 0.1) is 6.92 Å². The number of nitrogens with zero attached hydrogens (tertiary/aromatic N) is 7. The number of aromatic nitrogens is 6. The van der Waals surface area contributed by atoms with E-state index in [1.165, 1.54) is 16.0 Å². The fraction of sp³-hybridized carbons (Fsp3) is 0.381. The number of halogens is 3. The summed E-state index contributed by atoms with van der Waals surface area (Å²) in [4.78, 5) is 27.4. The van der Waals surface area contributed by atoms with Gasteiger partial charge >= 0.3 is 15.5 Å². The number of rotatable bonds is 6. The smallest absolute Gasteiger partial charge is 0.346 e. The van der Waals surface area contributed by atoms with Gasteiger partial charge in [0.2, 0.25) is 5.78 Å². The molecule has 1 aliphatic rings. The third-order valence-corrected chi connectivity index (χ3v) is 8.45. The molecule has 0 aliphatic carbocycles. The van der Waals surface area contributed by atoms with Crippen LogP contribution in [-0.4, -0.2) is 59.8 Å². The van der Waals surface area contributed by atoms with Gasteiger partial charge in [0.1, 0.15) is 11.5 Å². The van der Waals surface area contributed by atoms with Crippen molar-refractivity contribution in [3.63, 3.8) is 0 Å². The Bertz CT molecular complexity index is 1610. The van der Waals surface area contributed by atoms with Gasteiger partial charge in [-0.25, -0.2) is 28.1 Å². The van der Waals surface area contributed by atoms with Gasteiger partial charge in [-0.2, -0.15) is 17.5 Å². The van der Waals surface area contributed by atoms with Crippen molar-refractivity contribution in [3.8, 4) is 10.7 Å². The first kappa shape index (κ1) is 25.3. The van der Waals surface area contributed by atoms with Gasteiger partial charge in [-0.05, 0) is 31.0 Å². The molecule has 5 heterocycles. The summed E-state index contributed by atoms with van der Waals surface area (Å²) in [5.41, 5.74) is -3.43. The highest BCUT2D eigenvalue weighted by Crippen LogP contribution is 2.31. The zero-order valence-electron chi connectivity index (χ0n) is 19.7. The summed E-state index contributed by atoms with van der Waals surface area (Å²) in [5, 5.41) is 7.22. The molecule has 0 spiro atoms. The lowest BCUT2D eigenvalue weighted by atomic mass is 10.2. The summed E-state index contributed by atoms with van der Waals surface area (Å²) >= 11 is 1.32. The van der Waals surface area contributed by atoms with Gasteiger partial charge in [-0.15, -0.1) is 16.4 Å². The number of hydrogen-bond donors (Lipinski definition) is 1. The molecule has 5 rings (SSSR count). The Morgan fingerprint density at radius 1 is 1.22 bits per heavy atom. The molecule has 0 saturated heterocycles. The molecule has 11 nitrogen and oxygen atoms in total. The minimum Gasteiger partial charge on any atom is -0.346 e. The topological polar surface area (TPSA) is 127 Å². The molecular formula is C21H21F3N8O3S2. The maximum absolute atomic E-state index is 13.0. The highest BCUT2D eigenvalue weighted by molar-refractivity contribution is 7.89.